The van der Waals surface area contributed by atoms with E-state index in [1.54, 1.807) is 0 Å². The van der Waals surface area contributed by atoms with E-state index < -0.39 is 11.2 Å². The molecule has 0 bridgehead atoms. The summed E-state index contributed by atoms with van der Waals surface area (Å²) in [5, 5.41) is 13.2. The summed E-state index contributed by atoms with van der Waals surface area (Å²) in [7, 11) is 2.78. The second-order valence-electron chi connectivity index (χ2n) is 5.27. The predicted molar refractivity (Wildman–Crippen MR) is 78.5 cm³/mol. The molecular formula is C13H22N4O3. The summed E-state index contributed by atoms with van der Waals surface area (Å²) < 4.78 is 1.97. The summed E-state index contributed by atoms with van der Waals surface area (Å²) in [6.45, 7) is 7.54. The van der Waals surface area contributed by atoms with Gasteiger partial charge in [-0.05, 0) is 27.7 Å². The van der Waals surface area contributed by atoms with Gasteiger partial charge in [0, 0.05) is 26.2 Å². The van der Waals surface area contributed by atoms with Gasteiger partial charge in [-0.25, -0.2) is 4.79 Å². The topological polar surface area (TPSA) is 88.6 Å². The number of amidine groups is 1. The van der Waals surface area contributed by atoms with Gasteiger partial charge in [0.05, 0.1) is 0 Å². The number of aromatic hydroxyl groups is 1. The van der Waals surface area contributed by atoms with E-state index in [0.29, 0.717) is 5.84 Å². The fourth-order valence-electron chi connectivity index (χ4n) is 1.75. The van der Waals surface area contributed by atoms with Crippen LogP contribution in [0.15, 0.2) is 14.6 Å². The monoisotopic (exact) mass is 282 g/mol. The average molecular weight is 282 g/mol. The fourth-order valence-corrected chi connectivity index (χ4v) is 1.75. The van der Waals surface area contributed by atoms with Crippen LogP contribution < -0.4 is 16.6 Å². The van der Waals surface area contributed by atoms with Crippen molar-refractivity contribution in [3.8, 4) is 5.88 Å². The molecular weight excluding hydrogens is 260 g/mol. The molecule has 2 N–H and O–H groups in total. The summed E-state index contributed by atoms with van der Waals surface area (Å²) in [4.78, 5) is 28.3. The highest BCUT2D eigenvalue weighted by atomic mass is 16.3. The van der Waals surface area contributed by atoms with Crippen LogP contribution in [0.5, 0.6) is 5.88 Å². The van der Waals surface area contributed by atoms with E-state index in [1.165, 1.54) is 14.1 Å². The molecule has 0 atom stereocenters. The molecule has 20 heavy (non-hydrogen) atoms. The molecule has 0 fully saturated rings. The largest absolute Gasteiger partial charge is 0.494 e. The van der Waals surface area contributed by atoms with Gasteiger partial charge in [-0.15, -0.1) is 0 Å². The van der Waals surface area contributed by atoms with Crippen LogP contribution in [0, 0.1) is 0 Å². The molecule has 7 heteroatoms. The van der Waals surface area contributed by atoms with Crippen molar-refractivity contribution in [3.63, 3.8) is 0 Å². The zero-order valence-electron chi connectivity index (χ0n) is 12.8. The van der Waals surface area contributed by atoms with Crippen molar-refractivity contribution in [2.24, 2.45) is 19.1 Å². The zero-order valence-corrected chi connectivity index (χ0v) is 12.8. The van der Waals surface area contributed by atoms with Crippen LogP contribution in [0.4, 0.5) is 0 Å². The number of hydrogen-bond acceptors (Lipinski definition) is 4. The second-order valence-corrected chi connectivity index (χ2v) is 5.27. The van der Waals surface area contributed by atoms with Crippen LogP contribution in [0.2, 0.25) is 0 Å². The molecule has 0 spiro atoms. The normalized spacial score (nSPS) is 12.3. The summed E-state index contributed by atoms with van der Waals surface area (Å²) in [5.41, 5.74) is -1.14. The molecule has 7 nitrogen and oxygen atoms in total. The first-order chi connectivity index (χ1) is 9.16. The van der Waals surface area contributed by atoms with E-state index in [0.717, 1.165) is 9.13 Å². The summed E-state index contributed by atoms with van der Waals surface area (Å²) >= 11 is 0. The van der Waals surface area contributed by atoms with E-state index in [9.17, 15) is 14.7 Å². The van der Waals surface area contributed by atoms with Gasteiger partial charge in [0.15, 0.2) is 0 Å². The van der Waals surface area contributed by atoms with Gasteiger partial charge in [-0.2, -0.15) is 0 Å². The number of aromatic nitrogens is 2. The van der Waals surface area contributed by atoms with Crippen LogP contribution in [-0.4, -0.2) is 32.2 Å². The van der Waals surface area contributed by atoms with Crippen molar-refractivity contribution in [2.45, 2.75) is 39.8 Å². The standard InChI is InChI=1S/C13H22N4O3/c1-7(2)14-10(15-8(3)4)9-11(18)16(5)13(20)17(6)12(9)19/h7-8,18H,1-6H3,(H,14,15). The first kappa shape index (κ1) is 16.0. The van der Waals surface area contributed by atoms with E-state index in [-0.39, 0.29) is 23.5 Å². The molecule has 1 aromatic heterocycles. The average Bonchev–Trinajstić information content (AvgIpc) is 2.32. The molecule has 0 amide bonds. The molecule has 1 aromatic rings. The van der Waals surface area contributed by atoms with E-state index in [4.69, 9.17) is 0 Å². The fraction of sp³-hybridized carbons (Fsp3) is 0.615. The van der Waals surface area contributed by atoms with E-state index in [2.05, 4.69) is 10.3 Å². The van der Waals surface area contributed by atoms with Crippen molar-refractivity contribution >= 4 is 5.84 Å². The first-order valence-electron chi connectivity index (χ1n) is 6.50. The maximum absolute atomic E-state index is 12.2. The van der Waals surface area contributed by atoms with Crippen LogP contribution in [0.1, 0.15) is 33.3 Å². The molecule has 0 saturated heterocycles. The number of rotatable bonds is 3. The third-order valence-electron chi connectivity index (χ3n) is 2.68. The van der Waals surface area contributed by atoms with Crippen LogP contribution in [0.25, 0.3) is 0 Å². The Morgan fingerprint density at radius 1 is 1.15 bits per heavy atom. The number of nitrogens with one attached hydrogen (secondary N) is 1. The molecule has 112 valence electrons. The van der Waals surface area contributed by atoms with Gasteiger partial charge in [-0.1, -0.05) is 0 Å². The Morgan fingerprint density at radius 3 is 2.15 bits per heavy atom. The van der Waals surface area contributed by atoms with Crippen molar-refractivity contribution in [3.05, 3.63) is 26.4 Å². The number of hydrogen-bond donors (Lipinski definition) is 2. The molecule has 1 rings (SSSR count). The molecule has 0 radical (unpaired) electrons. The lowest BCUT2D eigenvalue weighted by atomic mass is 10.2. The van der Waals surface area contributed by atoms with Gasteiger partial charge in [0.1, 0.15) is 11.4 Å². The van der Waals surface area contributed by atoms with Gasteiger partial charge in [-0.3, -0.25) is 18.9 Å². The molecule has 0 aliphatic heterocycles. The van der Waals surface area contributed by atoms with E-state index in [1.807, 2.05) is 27.7 Å². The predicted octanol–water partition coefficient (Wildman–Crippen LogP) is -0.0574. The minimum atomic E-state index is -0.579. The smallest absolute Gasteiger partial charge is 0.333 e. The summed E-state index contributed by atoms with van der Waals surface area (Å²) in [5.74, 6) is -0.0886. The van der Waals surface area contributed by atoms with Gasteiger partial charge in [0.25, 0.3) is 5.56 Å². The molecule has 0 saturated carbocycles. The quantitative estimate of drug-likeness (QED) is 0.600. The Kier molecular flexibility index (Phi) is 4.75. The van der Waals surface area contributed by atoms with Crippen molar-refractivity contribution in [1.82, 2.24) is 14.5 Å². The van der Waals surface area contributed by atoms with Crippen LogP contribution >= 0.6 is 0 Å². The molecule has 0 aromatic carbocycles. The minimum Gasteiger partial charge on any atom is -0.494 e. The Morgan fingerprint density at radius 2 is 1.70 bits per heavy atom. The first-order valence-corrected chi connectivity index (χ1v) is 6.50. The lowest BCUT2D eigenvalue weighted by Crippen LogP contribution is -2.44. The van der Waals surface area contributed by atoms with Crippen molar-refractivity contribution in [2.75, 3.05) is 0 Å². The van der Waals surface area contributed by atoms with Gasteiger partial charge < -0.3 is 10.4 Å². The maximum atomic E-state index is 12.2. The zero-order chi connectivity index (χ0) is 15.6. The molecule has 0 unspecified atom stereocenters. The molecule has 0 aliphatic rings. The minimum absolute atomic E-state index is 0.0111. The summed E-state index contributed by atoms with van der Waals surface area (Å²) in [6.07, 6.45) is 0. The lowest BCUT2D eigenvalue weighted by Gasteiger charge is -2.17. The lowest BCUT2D eigenvalue weighted by molar-refractivity contribution is 0.409. The van der Waals surface area contributed by atoms with Crippen molar-refractivity contribution < 1.29 is 5.11 Å². The Balaban J connectivity index is 3.66. The highest BCUT2D eigenvalue weighted by Gasteiger charge is 2.20. The maximum Gasteiger partial charge on any atom is 0.333 e. The van der Waals surface area contributed by atoms with Gasteiger partial charge >= 0.3 is 5.69 Å². The molecule has 1 heterocycles. The van der Waals surface area contributed by atoms with Crippen molar-refractivity contribution in [1.29, 1.82) is 0 Å². The van der Waals surface area contributed by atoms with Gasteiger partial charge in [0.2, 0.25) is 5.88 Å². The SMILES string of the molecule is CC(C)N=C(NC(C)C)c1c(O)n(C)c(=O)n(C)c1=O. The Bertz CT molecular complexity index is 638. The third-order valence-corrected chi connectivity index (χ3v) is 2.68. The van der Waals surface area contributed by atoms with E-state index >= 15 is 0 Å². The highest BCUT2D eigenvalue weighted by molar-refractivity contribution is 6.00. The highest BCUT2D eigenvalue weighted by Crippen LogP contribution is 2.10. The van der Waals surface area contributed by atoms with Crippen LogP contribution in [-0.2, 0) is 14.1 Å². The Labute approximate surface area is 117 Å². The Hall–Kier alpha value is -2.05. The molecule has 0 aliphatic carbocycles. The summed E-state index contributed by atoms with van der Waals surface area (Å²) in [6, 6.07) is -0.0218. The number of nitrogens with zero attached hydrogens (tertiary/aromatic N) is 3. The third kappa shape index (κ3) is 3.09. The number of aliphatic imine (C=N–C) groups is 1. The second kappa shape index (κ2) is 5.94. The van der Waals surface area contributed by atoms with Crippen LogP contribution in [0.3, 0.4) is 0 Å².